The van der Waals surface area contributed by atoms with Gasteiger partial charge in [0.1, 0.15) is 5.76 Å². The van der Waals surface area contributed by atoms with E-state index in [4.69, 9.17) is 4.52 Å². The molecule has 0 saturated heterocycles. The zero-order valence-corrected chi connectivity index (χ0v) is 12.8. The smallest absolute Gasteiger partial charge is 0.273 e. The van der Waals surface area contributed by atoms with Crippen molar-refractivity contribution in [1.29, 1.82) is 0 Å². The van der Waals surface area contributed by atoms with E-state index in [1.807, 2.05) is 20.9 Å². The Bertz CT molecular complexity index is 438. The standard InChI is InChI=1S/C14H25N3O2/c1-7-11-9(2)12(17-19-11)13(18)16-8-14(4,5)10(3)15-6/h10,15H,7-8H2,1-6H3,(H,16,18). The second kappa shape index (κ2) is 6.19. The van der Waals surface area contributed by atoms with Crippen molar-refractivity contribution < 1.29 is 9.32 Å². The lowest BCUT2D eigenvalue weighted by molar-refractivity contribution is 0.0919. The van der Waals surface area contributed by atoms with Gasteiger partial charge in [-0.1, -0.05) is 25.9 Å². The molecule has 1 atom stereocenters. The Hall–Kier alpha value is -1.36. The average Bonchev–Trinajstić information content (AvgIpc) is 2.76. The molecule has 0 aliphatic carbocycles. The van der Waals surface area contributed by atoms with Crippen LogP contribution in [-0.4, -0.2) is 30.7 Å². The molecule has 0 aliphatic rings. The molecule has 1 aromatic heterocycles. The Balaban J connectivity index is 2.68. The largest absolute Gasteiger partial charge is 0.360 e. The number of nitrogens with zero attached hydrogens (tertiary/aromatic N) is 1. The second-order valence-electron chi connectivity index (χ2n) is 5.61. The van der Waals surface area contributed by atoms with Crippen LogP contribution in [0.15, 0.2) is 4.52 Å². The fourth-order valence-electron chi connectivity index (χ4n) is 1.85. The van der Waals surface area contributed by atoms with Gasteiger partial charge in [-0.15, -0.1) is 0 Å². The molecule has 0 aromatic carbocycles. The minimum Gasteiger partial charge on any atom is -0.360 e. The van der Waals surface area contributed by atoms with Crippen LogP contribution in [0.1, 0.15) is 49.5 Å². The SMILES string of the molecule is CCc1onc(C(=O)NCC(C)(C)C(C)NC)c1C. The van der Waals surface area contributed by atoms with Crippen molar-refractivity contribution >= 4 is 5.91 Å². The van der Waals surface area contributed by atoms with E-state index < -0.39 is 0 Å². The molecule has 0 aliphatic heterocycles. The van der Waals surface area contributed by atoms with Gasteiger partial charge in [0.15, 0.2) is 5.69 Å². The third kappa shape index (κ3) is 3.56. The van der Waals surface area contributed by atoms with Gasteiger partial charge in [-0.05, 0) is 26.3 Å². The van der Waals surface area contributed by atoms with Crippen molar-refractivity contribution in [3.05, 3.63) is 17.0 Å². The van der Waals surface area contributed by atoms with Gasteiger partial charge in [-0.3, -0.25) is 4.79 Å². The Labute approximate surface area is 115 Å². The molecule has 108 valence electrons. The number of rotatable bonds is 6. The first-order chi connectivity index (χ1) is 8.83. The van der Waals surface area contributed by atoms with Gasteiger partial charge in [0.2, 0.25) is 0 Å². The van der Waals surface area contributed by atoms with Gasteiger partial charge >= 0.3 is 0 Å². The molecule has 1 rings (SSSR count). The summed E-state index contributed by atoms with van der Waals surface area (Å²) in [5, 5.41) is 9.99. The first-order valence-corrected chi connectivity index (χ1v) is 6.74. The maximum absolute atomic E-state index is 12.1. The minimum atomic E-state index is -0.169. The van der Waals surface area contributed by atoms with Crippen LogP contribution in [0.4, 0.5) is 0 Å². The molecule has 5 heteroatoms. The lowest BCUT2D eigenvalue weighted by Crippen LogP contribution is -2.45. The highest BCUT2D eigenvalue weighted by Gasteiger charge is 2.26. The topological polar surface area (TPSA) is 67.2 Å². The van der Waals surface area contributed by atoms with E-state index in [-0.39, 0.29) is 11.3 Å². The summed E-state index contributed by atoms with van der Waals surface area (Å²) >= 11 is 0. The molecule has 1 unspecified atom stereocenters. The maximum Gasteiger partial charge on any atom is 0.273 e. The van der Waals surface area contributed by atoms with Crippen LogP contribution in [0, 0.1) is 12.3 Å². The number of carbonyl (C=O) groups is 1. The quantitative estimate of drug-likeness (QED) is 0.826. The second-order valence-corrected chi connectivity index (χ2v) is 5.61. The highest BCUT2D eigenvalue weighted by atomic mass is 16.5. The molecule has 0 radical (unpaired) electrons. The molecular formula is C14H25N3O2. The van der Waals surface area contributed by atoms with Gasteiger partial charge in [0.25, 0.3) is 5.91 Å². The summed E-state index contributed by atoms with van der Waals surface area (Å²) < 4.78 is 5.14. The summed E-state index contributed by atoms with van der Waals surface area (Å²) in [5.74, 6) is 0.602. The van der Waals surface area contributed by atoms with E-state index in [1.165, 1.54) is 0 Å². The lowest BCUT2D eigenvalue weighted by atomic mass is 9.85. The first-order valence-electron chi connectivity index (χ1n) is 6.74. The Morgan fingerprint density at radius 2 is 2.11 bits per heavy atom. The van der Waals surface area contributed by atoms with Gasteiger partial charge in [-0.25, -0.2) is 0 Å². The van der Waals surface area contributed by atoms with E-state index in [1.54, 1.807) is 0 Å². The average molecular weight is 267 g/mol. The van der Waals surface area contributed by atoms with Crippen molar-refractivity contribution in [3.63, 3.8) is 0 Å². The summed E-state index contributed by atoms with van der Waals surface area (Å²) in [6, 6.07) is 0.303. The van der Waals surface area contributed by atoms with Gasteiger partial charge < -0.3 is 15.2 Å². The molecule has 0 bridgehead atoms. The van der Waals surface area contributed by atoms with Gasteiger partial charge in [-0.2, -0.15) is 0 Å². The number of hydrogen-bond donors (Lipinski definition) is 2. The van der Waals surface area contributed by atoms with Crippen LogP contribution in [0.2, 0.25) is 0 Å². The zero-order chi connectivity index (χ0) is 14.6. The predicted molar refractivity (Wildman–Crippen MR) is 75.3 cm³/mol. The summed E-state index contributed by atoms with van der Waals surface area (Å²) in [4.78, 5) is 12.1. The molecule has 1 heterocycles. The maximum atomic E-state index is 12.1. The van der Waals surface area contributed by atoms with Gasteiger partial charge in [0, 0.05) is 24.6 Å². The number of nitrogens with one attached hydrogen (secondary N) is 2. The third-order valence-corrected chi connectivity index (χ3v) is 3.87. The van der Waals surface area contributed by atoms with Crippen LogP contribution in [-0.2, 0) is 6.42 Å². The third-order valence-electron chi connectivity index (χ3n) is 3.87. The number of carbonyl (C=O) groups excluding carboxylic acids is 1. The molecule has 0 fully saturated rings. The van der Waals surface area contributed by atoms with E-state index >= 15 is 0 Å². The van der Waals surface area contributed by atoms with E-state index in [0.717, 1.165) is 17.7 Å². The van der Waals surface area contributed by atoms with Crippen LogP contribution >= 0.6 is 0 Å². The number of amides is 1. The number of hydrogen-bond acceptors (Lipinski definition) is 4. The van der Waals surface area contributed by atoms with Crippen LogP contribution in [0.25, 0.3) is 0 Å². The fourth-order valence-corrected chi connectivity index (χ4v) is 1.85. The minimum absolute atomic E-state index is 0.0321. The monoisotopic (exact) mass is 267 g/mol. The fraction of sp³-hybridized carbons (Fsp3) is 0.714. The van der Waals surface area contributed by atoms with Gasteiger partial charge in [0.05, 0.1) is 0 Å². The van der Waals surface area contributed by atoms with E-state index in [0.29, 0.717) is 18.3 Å². The molecule has 2 N–H and O–H groups in total. The van der Waals surface area contributed by atoms with Crippen LogP contribution in [0.3, 0.4) is 0 Å². The number of aromatic nitrogens is 1. The Morgan fingerprint density at radius 3 is 2.58 bits per heavy atom. The lowest BCUT2D eigenvalue weighted by Gasteiger charge is -2.31. The van der Waals surface area contributed by atoms with Crippen LogP contribution in [0.5, 0.6) is 0 Å². The molecule has 0 spiro atoms. The highest BCUT2D eigenvalue weighted by molar-refractivity contribution is 5.93. The molecule has 1 amide bonds. The van der Waals surface area contributed by atoms with Crippen LogP contribution < -0.4 is 10.6 Å². The molecule has 19 heavy (non-hydrogen) atoms. The van der Waals surface area contributed by atoms with Crippen molar-refractivity contribution in [1.82, 2.24) is 15.8 Å². The van der Waals surface area contributed by atoms with E-state index in [2.05, 4.69) is 36.6 Å². The van der Waals surface area contributed by atoms with E-state index in [9.17, 15) is 4.79 Å². The molecule has 5 nitrogen and oxygen atoms in total. The molecule has 0 saturated carbocycles. The normalized spacial score (nSPS) is 13.4. The zero-order valence-electron chi connectivity index (χ0n) is 12.8. The summed E-state index contributed by atoms with van der Waals surface area (Å²) in [7, 11) is 1.92. The molecular weight excluding hydrogens is 242 g/mol. The Morgan fingerprint density at radius 1 is 1.47 bits per heavy atom. The van der Waals surface area contributed by atoms with Crippen molar-refractivity contribution in [3.8, 4) is 0 Å². The summed E-state index contributed by atoms with van der Waals surface area (Å²) in [6.07, 6.45) is 0.744. The molecule has 1 aromatic rings. The summed E-state index contributed by atoms with van der Waals surface area (Å²) in [6.45, 7) is 10.8. The predicted octanol–water partition coefficient (Wildman–Crippen LogP) is 1.91. The summed E-state index contributed by atoms with van der Waals surface area (Å²) in [5.41, 5.74) is 1.19. The van der Waals surface area contributed by atoms with Crippen molar-refractivity contribution in [2.75, 3.05) is 13.6 Å². The Kier molecular flexibility index (Phi) is 5.11. The number of aryl methyl sites for hydroxylation is 1. The first kappa shape index (κ1) is 15.7. The van der Waals surface area contributed by atoms with Crippen molar-refractivity contribution in [2.24, 2.45) is 5.41 Å². The van der Waals surface area contributed by atoms with Crippen molar-refractivity contribution in [2.45, 2.75) is 47.1 Å². The highest BCUT2D eigenvalue weighted by Crippen LogP contribution is 2.19.